The van der Waals surface area contributed by atoms with Gasteiger partial charge in [-0.2, -0.15) is 0 Å². The quantitative estimate of drug-likeness (QED) is 0.687. The number of anilines is 1. The number of aliphatic hydroxyl groups excluding tert-OH is 1. The Morgan fingerprint density at radius 1 is 1.67 bits per heavy atom. The van der Waals surface area contributed by atoms with Crippen molar-refractivity contribution in [3.05, 3.63) is 16.3 Å². The summed E-state index contributed by atoms with van der Waals surface area (Å²) in [5, 5.41) is 11.0. The molecule has 12 heavy (non-hydrogen) atoms. The van der Waals surface area contributed by atoms with Crippen molar-refractivity contribution in [2.24, 2.45) is 0 Å². The molecule has 1 saturated heterocycles. The number of β-amino-alcohol motifs (C(OH)–C–C–N with tert-alkyl or cyclic N) is 1. The molecule has 64 valence electrons. The number of thiophene rings is 1. The van der Waals surface area contributed by atoms with Gasteiger partial charge in [-0.25, -0.2) is 0 Å². The van der Waals surface area contributed by atoms with Crippen LogP contribution in [0.1, 0.15) is 9.67 Å². The Bertz CT molecular complexity index is 291. The minimum atomic E-state index is -0.190. The van der Waals surface area contributed by atoms with E-state index in [4.69, 9.17) is 5.11 Å². The summed E-state index contributed by atoms with van der Waals surface area (Å²) < 4.78 is 0. The van der Waals surface area contributed by atoms with Gasteiger partial charge in [-0.05, 0) is 6.07 Å². The van der Waals surface area contributed by atoms with Crippen molar-refractivity contribution in [3.63, 3.8) is 0 Å². The zero-order valence-corrected chi connectivity index (χ0v) is 7.25. The predicted molar refractivity (Wildman–Crippen MR) is 47.9 cm³/mol. The minimum Gasteiger partial charge on any atom is -0.389 e. The van der Waals surface area contributed by atoms with Gasteiger partial charge in [0.15, 0.2) is 6.29 Å². The van der Waals surface area contributed by atoms with E-state index in [0.29, 0.717) is 13.1 Å². The van der Waals surface area contributed by atoms with Crippen LogP contribution in [0.3, 0.4) is 0 Å². The lowest BCUT2D eigenvalue weighted by molar-refractivity contribution is 0.112. The lowest BCUT2D eigenvalue weighted by atomic mass is 10.1. The SMILES string of the molecule is O=Cc1cc(N2CC(O)C2)cs1. The molecule has 1 aliphatic rings. The molecule has 1 aromatic heterocycles. The fraction of sp³-hybridized carbons (Fsp3) is 0.375. The van der Waals surface area contributed by atoms with Gasteiger partial charge in [-0.3, -0.25) is 4.79 Å². The van der Waals surface area contributed by atoms with E-state index >= 15 is 0 Å². The molecule has 0 atom stereocenters. The number of carbonyl (C=O) groups is 1. The van der Waals surface area contributed by atoms with Crippen molar-refractivity contribution < 1.29 is 9.90 Å². The summed E-state index contributed by atoms with van der Waals surface area (Å²) in [5.41, 5.74) is 1.05. The highest BCUT2D eigenvalue weighted by Gasteiger charge is 2.24. The molecule has 1 fully saturated rings. The third kappa shape index (κ3) is 1.23. The molecule has 0 spiro atoms. The van der Waals surface area contributed by atoms with Crippen molar-refractivity contribution in [2.75, 3.05) is 18.0 Å². The number of rotatable bonds is 2. The van der Waals surface area contributed by atoms with Gasteiger partial charge in [0.1, 0.15) is 0 Å². The van der Waals surface area contributed by atoms with Crippen LogP contribution in [0.5, 0.6) is 0 Å². The van der Waals surface area contributed by atoms with E-state index < -0.39 is 0 Å². The Hall–Kier alpha value is -0.870. The summed E-state index contributed by atoms with van der Waals surface area (Å²) in [6.07, 6.45) is 0.661. The normalized spacial score (nSPS) is 17.6. The van der Waals surface area contributed by atoms with Crippen LogP contribution in [0, 0.1) is 0 Å². The zero-order valence-electron chi connectivity index (χ0n) is 6.43. The van der Waals surface area contributed by atoms with E-state index in [1.807, 2.05) is 16.3 Å². The maximum absolute atomic E-state index is 10.4. The molecule has 2 rings (SSSR count). The Labute approximate surface area is 74.2 Å². The fourth-order valence-electron chi connectivity index (χ4n) is 1.24. The van der Waals surface area contributed by atoms with Gasteiger partial charge < -0.3 is 10.0 Å². The van der Waals surface area contributed by atoms with E-state index in [-0.39, 0.29) is 6.10 Å². The first-order chi connectivity index (χ1) is 5.79. The first-order valence-corrected chi connectivity index (χ1v) is 4.64. The average Bonchev–Trinajstić information content (AvgIpc) is 2.46. The Balaban J connectivity index is 2.08. The number of nitrogens with zero attached hydrogens (tertiary/aromatic N) is 1. The predicted octanol–water partition coefficient (Wildman–Crippen LogP) is 0.742. The third-order valence-corrected chi connectivity index (χ3v) is 2.80. The number of aliphatic hydroxyl groups is 1. The van der Waals surface area contributed by atoms with Crippen molar-refractivity contribution in [1.82, 2.24) is 0 Å². The van der Waals surface area contributed by atoms with Crippen LogP contribution < -0.4 is 4.90 Å². The van der Waals surface area contributed by atoms with Crippen LogP contribution in [0.15, 0.2) is 11.4 Å². The lowest BCUT2D eigenvalue weighted by Crippen LogP contribution is -2.50. The van der Waals surface area contributed by atoms with Crippen molar-refractivity contribution in [3.8, 4) is 0 Å². The molecule has 1 aliphatic heterocycles. The molecular formula is C8H9NO2S. The highest BCUT2D eigenvalue weighted by Crippen LogP contribution is 2.25. The van der Waals surface area contributed by atoms with E-state index in [0.717, 1.165) is 16.9 Å². The lowest BCUT2D eigenvalue weighted by Gasteiger charge is -2.37. The Morgan fingerprint density at radius 3 is 2.92 bits per heavy atom. The summed E-state index contributed by atoms with van der Waals surface area (Å²) in [5.74, 6) is 0. The van der Waals surface area contributed by atoms with Gasteiger partial charge in [-0.1, -0.05) is 0 Å². The second kappa shape index (κ2) is 2.88. The molecule has 3 nitrogen and oxygen atoms in total. The summed E-state index contributed by atoms with van der Waals surface area (Å²) in [7, 11) is 0. The van der Waals surface area contributed by atoms with Crippen LogP contribution in [0.25, 0.3) is 0 Å². The molecule has 0 saturated carbocycles. The van der Waals surface area contributed by atoms with E-state index in [2.05, 4.69) is 0 Å². The maximum Gasteiger partial charge on any atom is 0.160 e. The van der Waals surface area contributed by atoms with Crippen molar-refractivity contribution >= 4 is 23.3 Å². The summed E-state index contributed by atoms with van der Waals surface area (Å²) >= 11 is 1.44. The van der Waals surface area contributed by atoms with E-state index in [1.54, 1.807) is 0 Å². The Morgan fingerprint density at radius 2 is 2.42 bits per heavy atom. The number of hydrogen-bond donors (Lipinski definition) is 1. The molecule has 0 unspecified atom stereocenters. The maximum atomic E-state index is 10.4. The summed E-state index contributed by atoms with van der Waals surface area (Å²) in [6, 6.07) is 1.85. The second-order valence-corrected chi connectivity index (χ2v) is 3.83. The second-order valence-electron chi connectivity index (χ2n) is 2.88. The standard InChI is InChI=1S/C8H9NO2S/c10-4-8-1-6(5-12-8)9-2-7(11)3-9/h1,4-5,7,11H,2-3H2. The first-order valence-electron chi connectivity index (χ1n) is 3.76. The molecule has 1 N–H and O–H groups in total. The monoisotopic (exact) mass is 183 g/mol. The molecule has 0 amide bonds. The van der Waals surface area contributed by atoms with Gasteiger partial charge in [0, 0.05) is 24.2 Å². The molecular weight excluding hydrogens is 174 g/mol. The number of carbonyl (C=O) groups excluding carboxylic acids is 1. The zero-order chi connectivity index (χ0) is 8.55. The number of hydrogen-bond acceptors (Lipinski definition) is 4. The molecule has 1 aromatic rings. The minimum absolute atomic E-state index is 0.190. The molecule has 0 aliphatic carbocycles. The smallest absolute Gasteiger partial charge is 0.160 e. The Kier molecular flexibility index (Phi) is 1.86. The van der Waals surface area contributed by atoms with Gasteiger partial charge in [-0.15, -0.1) is 11.3 Å². The topological polar surface area (TPSA) is 40.5 Å². The van der Waals surface area contributed by atoms with Crippen LogP contribution in [-0.2, 0) is 0 Å². The largest absolute Gasteiger partial charge is 0.389 e. The third-order valence-electron chi connectivity index (χ3n) is 1.95. The molecule has 0 bridgehead atoms. The number of aldehydes is 1. The van der Waals surface area contributed by atoms with E-state index in [1.165, 1.54) is 11.3 Å². The van der Waals surface area contributed by atoms with Gasteiger partial charge >= 0.3 is 0 Å². The highest BCUT2D eigenvalue weighted by molar-refractivity contribution is 7.12. The van der Waals surface area contributed by atoms with E-state index in [9.17, 15) is 4.79 Å². The van der Waals surface area contributed by atoms with Crippen LogP contribution in [-0.4, -0.2) is 30.6 Å². The van der Waals surface area contributed by atoms with Gasteiger partial charge in [0.05, 0.1) is 11.0 Å². The fourth-order valence-corrected chi connectivity index (χ4v) is 1.95. The summed E-state index contributed by atoms with van der Waals surface area (Å²) in [6.45, 7) is 1.38. The van der Waals surface area contributed by atoms with Gasteiger partial charge in [0.25, 0.3) is 0 Å². The van der Waals surface area contributed by atoms with Crippen molar-refractivity contribution in [1.29, 1.82) is 0 Å². The highest BCUT2D eigenvalue weighted by atomic mass is 32.1. The van der Waals surface area contributed by atoms with Crippen LogP contribution >= 0.6 is 11.3 Å². The summed E-state index contributed by atoms with van der Waals surface area (Å²) in [4.78, 5) is 13.1. The van der Waals surface area contributed by atoms with Crippen LogP contribution in [0.4, 0.5) is 5.69 Å². The van der Waals surface area contributed by atoms with Crippen LogP contribution in [0.2, 0.25) is 0 Å². The van der Waals surface area contributed by atoms with Crippen molar-refractivity contribution in [2.45, 2.75) is 6.10 Å². The molecule has 4 heteroatoms. The first kappa shape index (κ1) is 7.76. The molecule has 2 heterocycles. The average molecular weight is 183 g/mol. The van der Waals surface area contributed by atoms with Gasteiger partial charge in [0.2, 0.25) is 0 Å². The molecule has 0 radical (unpaired) electrons. The molecule has 0 aromatic carbocycles.